The standard InChI is InChI=1S/C38H69NO13/c1-15-26-38(10,45)31(42)21(4)28(40)19(2)17-37(9,47-14)33(52-35-29(41)25(39(11)12)16-20(3)48-35)22(5)30(23(6)34(44)50-26)51-27-18-36(8,46-13)32(43)24(7)49-27/h19-27,29-33,35,41-43,45H,15-18H2,1-14H3/t19-,20?,21+,22+,23-,24?,25?,26?,27?,29?,30+,31-,32?,33-,35?,36?,37+,38-/m1/s1. The molecule has 304 valence electrons. The summed E-state index contributed by atoms with van der Waals surface area (Å²) in [4.78, 5) is 30.1. The molecule has 3 rings (SSSR count). The molecule has 9 unspecified atom stereocenters. The van der Waals surface area contributed by atoms with Crippen LogP contribution in [0.2, 0.25) is 0 Å². The minimum absolute atomic E-state index is 0.111. The number of carbonyl (C=O) groups is 2. The Morgan fingerprint density at radius 3 is 1.98 bits per heavy atom. The molecule has 0 aliphatic carbocycles. The number of aliphatic hydroxyl groups excluding tert-OH is 3. The van der Waals surface area contributed by atoms with Crippen molar-refractivity contribution in [3.63, 3.8) is 0 Å². The zero-order valence-corrected chi connectivity index (χ0v) is 33.9. The highest BCUT2D eigenvalue weighted by Gasteiger charge is 2.54. The van der Waals surface area contributed by atoms with Gasteiger partial charge in [-0.15, -0.1) is 0 Å². The van der Waals surface area contributed by atoms with E-state index in [2.05, 4.69) is 0 Å². The first-order valence-corrected chi connectivity index (χ1v) is 18.9. The van der Waals surface area contributed by atoms with Crippen molar-refractivity contribution in [2.75, 3.05) is 28.3 Å². The first-order chi connectivity index (χ1) is 24.0. The topological polar surface area (TPSA) is 183 Å². The molecule has 3 aliphatic rings. The molecule has 0 aromatic heterocycles. The summed E-state index contributed by atoms with van der Waals surface area (Å²) in [5.74, 6) is -4.47. The molecule has 4 N–H and O–H groups in total. The monoisotopic (exact) mass is 747 g/mol. The van der Waals surface area contributed by atoms with Crippen LogP contribution in [0.5, 0.6) is 0 Å². The van der Waals surface area contributed by atoms with Gasteiger partial charge >= 0.3 is 5.97 Å². The van der Waals surface area contributed by atoms with E-state index in [-0.39, 0.29) is 37.2 Å². The van der Waals surface area contributed by atoms with Crippen molar-refractivity contribution in [1.29, 1.82) is 0 Å². The lowest BCUT2D eigenvalue weighted by Gasteiger charge is -2.50. The van der Waals surface area contributed by atoms with E-state index in [1.54, 1.807) is 48.5 Å². The molecule has 0 amide bonds. The Morgan fingerprint density at radius 1 is 0.846 bits per heavy atom. The molecule has 0 saturated carbocycles. The fourth-order valence-corrected chi connectivity index (χ4v) is 8.58. The van der Waals surface area contributed by atoms with Crippen LogP contribution >= 0.6 is 0 Å². The summed E-state index contributed by atoms with van der Waals surface area (Å²) in [6.07, 6.45) is -8.73. The molecule has 3 saturated heterocycles. The van der Waals surface area contributed by atoms with Crippen molar-refractivity contribution in [1.82, 2.24) is 4.90 Å². The lowest BCUT2D eigenvalue weighted by molar-refractivity contribution is -0.319. The Bertz CT molecular complexity index is 1190. The maximum atomic E-state index is 14.2. The zero-order valence-electron chi connectivity index (χ0n) is 33.9. The van der Waals surface area contributed by atoms with E-state index < -0.39 is 102 Å². The highest BCUT2D eigenvalue weighted by atomic mass is 16.7. The van der Waals surface area contributed by atoms with Crippen LogP contribution in [0.4, 0.5) is 0 Å². The molecule has 0 bridgehead atoms. The van der Waals surface area contributed by atoms with Gasteiger partial charge in [0.25, 0.3) is 0 Å². The number of cyclic esters (lactones) is 1. The van der Waals surface area contributed by atoms with Gasteiger partial charge in [-0.2, -0.15) is 0 Å². The van der Waals surface area contributed by atoms with E-state index in [1.165, 1.54) is 21.1 Å². The van der Waals surface area contributed by atoms with E-state index in [9.17, 15) is 30.0 Å². The fourth-order valence-electron chi connectivity index (χ4n) is 8.58. The average molecular weight is 748 g/mol. The summed E-state index contributed by atoms with van der Waals surface area (Å²) in [6.45, 7) is 17.1. The number of Topliss-reactive ketones (excluding diaryl/α,β-unsaturated/α-hetero) is 1. The zero-order chi connectivity index (χ0) is 39.7. The Hall–Kier alpha value is -1.30. The molecule has 3 heterocycles. The van der Waals surface area contributed by atoms with Crippen LogP contribution in [-0.2, 0) is 42.7 Å². The molecule has 18 atom stereocenters. The van der Waals surface area contributed by atoms with Gasteiger partial charge in [0, 0.05) is 44.4 Å². The number of ketones is 1. The predicted molar refractivity (Wildman–Crippen MR) is 191 cm³/mol. The van der Waals surface area contributed by atoms with Gasteiger partial charge in [0.05, 0.1) is 47.6 Å². The maximum absolute atomic E-state index is 14.2. The number of hydrogen-bond donors (Lipinski definition) is 4. The molecule has 0 aromatic carbocycles. The molecule has 14 heteroatoms. The number of methoxy groups -OCH3 is 2. The van der Waals surface area contributed by atoms with Crippen LogP contribution in [0.15, 0.2) is 0 Å². The number of aliphatic hydroxyl groups is 4. The summed E-state index contributed by atoms with van der Waals surface area (Å²) in [6, 6.07) is -0.283. The highest BCUT2D eigenvalue weighted by molar-refractivity contribution is 5.83. The number of hydrogen-bond acceptors (Lipinski definition) is 14. The average Bonchev–Trinajstić information content (AvgIpc) is 3.09. The fraction of sp³-hybridized carbons (Fsp3) is 0.947. The van der Waals surface area contributed by atoms with Crippen molar-refractivity contribution < 1.29 is 63.2 Å². The Morgan fingerprint density at radius 2 is 1.44 bits per heavy atom. The summed E-state index contributed by atoms with van der Waals surface area (Å²) in [5.41, 5.74) is -4.24. The van der Waals surface area contributed by atoms with Gasteiger partial charge in [-0.1, -0.05) is 27.7 Å². The molecule has 3 fully saturated rings. The van der Waals surface area contributed by atoms with E-state index in [0.29, 0.717) is 6.42 Å². The van der Waals surface area contributed by atoms with Gasteiger partial charge in [0.1, 0.15) is 29.7 Å². The van der Waals surface area contributed by atoms with Gasteiger partial charge in [-0.05, 0) is 74.9 Å². The molecule has 3 aliphatic heterocycles. The molecule has 52 heavy (non-hydrogen) atoms. The van der Waals surface area contributed by atoms with Crippen molar-refractivity contribution >= 4 is 11.8 Å². The molecule has 0 radical (unpaired) electrons. The van der Waals surface area contributed by atoms with Gasteiger partial charge in [0.15, 0.2) is 12.6 Å². The second-order valence-corrected chi connectivity index (χ2v) is 16.6. The summed E-state index contributed by atoms with van der Waals surface area (Å²) >= 11 is 0. The normalized spacial score (nSPS) is 49.0. The third-order valence-electron chi connectivity index (χ3n) is 12.3. The second kappa shape index (κ2) is 17.7. The number of carbonyl (C=O) groups excluding carboxylic acids is 2. The molecular weight excluding hydrogens is 678 g/mol. The van der Waals surface area contributed by atoms with Gasteiger partial charge in [0.2, 0.25) is 0 Å². The molecule has 14 nitrogen and oxygen atoms in total. The minimum atomic E-state index is -1.96. The summed E-state index contributed by atoms with van der Waals surface area (Å²) in [5, 5.41) is 45.6. The maximum Gasteiger partial charge on any atom is 0.311 e. The predicted octanol–water partition coefficient (Wildman–Crippen LogP) is 2.44. The Labute approximate surface area is 310 Å². The number of ether oxygens (including phenoxy) is 7. The van der Waals surface area contributed by atoms with E-state index in [1.807, 2.05) is 32.8 Å². The van der Waals surface area contributed by atoms with Crippen molar-refractivity contribution in [3.05, 3.63) is 0 Å². The second-order valence-electron chi connectivity index (χ2n) is 16.6. The number of rotatable bonds is 8. The summed E-state index contributed by atoms with van der Waals surface area (Å²) < 4.78 is 43.9. The van der Waals surface area contributed by atoms with Gasteiger partial charge < -0.3 is 58.5 Å². The number of likely N-dealkylation sites (N-methyl/N-ethyl adjacent to an activating group) is 1. The summed E-state index contributed by atoms with van der Waals surface area (Å²) in [7, 11) is 6.77. The van der Waals surface area contributed by atoms with Gasteiger partial charge in [-0.3, -0.25) is 9.59 Å². The van der Waals surface area contributed by atoms with Crippen LogP contribution in [0, 0.1) is 23.7 Å². The van der Waals surface area contributed by atoms with E-state index >= 15 is 0 Å². The first kappa shape index (κ1) is 45.1. The lowest BCUT2D eigenvalue weighted by Crippen LogP contribution is -2.61. The van der Waals surface area contributed by atoms with Crippen molar-refractivity contribution in [2.45, 2.75) is 179 Å². The Balaban J connectivity index is 2.22. The van der Waals surface area contributed by atoms with Crippen molar-refractivity contribution in [2.24, 2.45) is 23.7 Å². The smallest absolute Gasteiger partial charge is 0.311 e. The third-order valence-corrected chi connectivity index (χ3v) is 12.3. The van der Waals surface area contributed by atoms with Crippen LogP contribution in [0.1, 0.15) is 94.9 Å². The van der Waals surface area contributed by atoms with Crippen LogP contribution in [-0.4, -0.2) is 150 Å². The SMILES string of the molecule is CCC1OC(=O)[C@H](C)[C@@H](OC2CC(C)(OC)C(O)C(C)O2)[C@H](C)[C@@H](OC2OC(C)CC(N(C)C)C2O)[C@@](C)(OC)C[C@@H](C)C(=O)[C@H](C)[C@@H](O)[C@]1(C)O. The largest absolute Gasteiger partial charge is 0.459 e. The Kier molecular flexibility index (Phi) is 15.3. The lowest BCUT2D eigenvalue weighted by atomic mass is 9.74. The van der Waals surface area contributed by atoms with Gasteiger partial charge in [-0.25, -0.2) is 0 Å². The quantitative estimate of drug-likeness (QED) is 0.266. The molecule has 0 spiro atoms. The molecule has 0 aromatic rings. The van der Waals surface area contributed by atoms with Crippen LogP contribution < -0.4 is 0 Å². The van der Waals surface area contributed by atoms with Crippen molar-refractivity contribution in [3.8, 4) is 0 Å². The first-order valence-electron chi connectivity index (χ1n) is 18.9. The minimum Gasteiger partial charge on any atom is -0.459 e. The highest BCUT2D eigenvalue weighted by Crippen LogP contribution is 2.41. The number of esters is 1. The van der Waals surface area contributed by atoms with Crippen LogP contribution in [0.25, 0.3) is 0 Å². The molecular formula is C38H69NO13. The third kappa shape index (κ3) is 9.38. The van der Waals surface area contributed by atoms with E-state index in [0.717, 1.165) is 0 Å². The van der Waals surface area contributed by atoms with Crippen LogP contribution in [0.3, 0.4) is 0 Å². The number of nitrogens with zero attached hydrogens (tertiary/aromatic N) is 1. The van der Waals surface area contributed by atoms with E-state index in [4.69, 9.17) is 33.2 Å².